The molecule has 4 rings (SSSR count). The average Bonchev–Trinajstić information content (AvgIpc) is 3.34. The maximum Gasteiger partial charge on any atom is 0.254 e. The van der Waals surface area contributed by atoms with E-state index in [1.54, 1.807) is 16.0 Å². The summed E-state index contributed by atoms with van der Waals surface area (Å²) in [6.45, 7) is 4.87. The zero-order valence-corrected chi connectivity index (χ0v) is 19.0. The van der Waals surface area contributed by atoms with Gasteiger partial charge in [0, 0.05) is 46.0 Å². The van der Waals surface area contributed by atoms with Crippen LogP contribution in [0.15, 0.2) is 23.6 Å². The van der Waals surface area contributed by atoms with Crippen LogP contribution in [-0.4, -0.2) is 83.6 Å². The molecule has 10 heteroatoms. The molecule has 0 atom stereocenters. The average molecular weight is 448 g/mol. The van der Waals surface area contributed by atoms with E-state index in [1.807, 2.05) is 42.5 Å². The lowest BCUT2D eigenvalue weighted by Gasteiger charge is -2.34. The standard InChI is InChI=1S/C20H25N5O3S2/c1-14-18-15(13-16(17-5-4-11-29-17)21-19(18)23(2)22-14)20(26)25-8-6-24(7-9-25)10-12-30(3,27)28/h4-5,11,13H,6-10,12H2,1-3H3. The zero-order chi connectivity index (χ0) is 21.5. The van der Waals surface area contributed by atoms with Gasteiger partial charge in [0.25, 0.3) is 5.91 Å². The molecule has 1 aliphatic rings. The molecule has 3 aromatic heterocycles. The number of thiophene rings is 1. The maximum absolute atomic E-state index is 13.5. The van der Waals surface area contributed by atoms with Crippen molar-refractivity contribution < 1.29 is 13.2 Å². The second kappa shape index (κ2) is 8.09. The van der Waals surface area contributed by atoms with Crippen molar-refractivity contribution >= 4 is 38.1 Å². The van der Waals surface area contributed by atoms with E-state index in [-0.39, 0.29) is 11.7 Å². The molecule has 0 unspecified atom stereocenters. The van der Waals surface area contributed by atoms with Gasteiger partial charge in [-0.2, -0.15) is 5.10 Å². The van der Waals surface area contributed by atoms with Crippen LogP contribution < -0.4 is 0 Å². The van der Waals surface area contributed by atoms with Gasteiger partial charge in [0.2, 0.25) is 0 Å². The Morgan fingerprint density at radius 2 is 1.97 bits per heavy atom. The van der Waals surface area contributed by atoms with Gasteiger partial charge in [0.15, 0.2) is 5.65 Å². The quantitative estimate of drug-likeness (QED) is 0.593. The number of aryl methyl sites for hydroxylation is 2. The molecule has 1 fully saturated rings. The molecular weight excluding hydrogens is 422 g/mol. The Morgan fingerprint density at radius 1 is 1.23 bits per heavy atom. The number of hydrogen-bond donors (Lipinski definition) is 0. The molecule has 160 valence electrons. The molecule has 30 heavy (non-hydrogen) atoms. The first-order valence-electron chi connectivity index (χ1n) is 9.80. The number of pyridine rings is 1. The predicted octanol–water partition coefficient (Wildman–Crippen LogP) is 1.81. The molecule has 0 bridgehead atoms. The number of aromatic nitrogens is 3. The van der Waals surface area contributed by atoms with Crippen molar-refractivity contribution in [1.29, 1.82) is 0 Å². The third-order valence-electron chi connectivity index (χ3n) is 5.41. The highest BCUT2D eigenvalue weighted by molar-refractivity contribution is 7.90. The fourth-order valence-electron chi connectivity index (χ4n) is 3.80. The summed E-state index contributed by atoms with van der Waals surface area (Å²) in [5.41, 5.74) is 2.88. The Bertz CT molecular complexity index is 1180. The van der Waals surface area contributed by atoms with E-state index in [2.05, 4.69) is 10.00 Å². The Kier molecular flexibility index (Phi) is 5.65. The van der Waals surface area contributed by atoms with Crippen LogP contribution in [0.4, 0.5) is 0 Å². The van der Waals surface area contributed by atoms with Crippen LogP contribution in [0.2, 0.25) is 0 Å². The normalized spacial score (nSPS) is 15.8. The molecule has 0 aliphatic carbocycles. The van der Waals surface area contributed by atoms with Crippen molar-refractivity contribution in [3.63, 3.8) is 0 Å². The van der Waals surface area contributed by atoms with Crippen molar-refractivity contribution in [2.24, 2.45) is 7.05 Å². The van der Waals surface area contributed by atoms with Gasteiger partial charge in [-0.1, -0.05) is 6.07 Å². The third kappa shape index (κ3) is 4.26. The largest absolute Gasteiger partial charge is 0.336 e. The maximum atomic E-state index is 13.5. The topological polar surface area (TPSA) is 88.4 Å². The van der Waals surface area contributed by atoms with Gasteiger partial charge in [-0.25, -0.2) is 13.4 Å². The SMILES string of the molecule is Cc1nn(C)c2nc(-c3cccs3)cc(C(=O)N3CCN(CCS(C)(=O)=O)CC3)c12. The summed E-state index contributed by atoms with van der Waals surface area (Å²) in [6, 6.07) is 5.84. The van der Waals surface area contributed by atoms with Gasteiger partial charge in [-0.15, -0.1) is 11.3 Å². The van der Waals surface area contributed by atoms with Gasteiger partial charge in [0.1, 0.15) is 9.84 Å². The number of nitrogens with zero attached hydrogens (tertiary/aromatic N) is 5. The van der Waals surface area contributed by atoms with Crippen molar-refractivity contribution in [2.45, 2.75) is 6.92 Å². The number of carbonyl (C=O) groups is 1. The Balaban J connectivity index is 1.60. The molecule has 0 radical (unpaired) electrons. The summed E-state index contributed by atoms with van der Waals surface area (Å²) in [7, 11) is -1.14. The molecule has 0 spiro atoms. The number of amides is 1. The number of hydrogen-bond acceptors (Lipinski definition) is 7. The first-order chi connectivity index (χ1) is 14.2. The van der Waals surface area contributed by atoms with E-state index < -0.39 is 9.84 Å². The van der Waals surface area contributed by atoms with Crippen LogP contribution in [-0.2, 0) is 16.9 Å². The van der Waals surface area contributed by atoms with Gasteiger partial charge in [-0.3, -0.25) is 14.4 Å². The molecule has 1 aliphatic heterocycles. The van der Waals surface area contributed by atoms with E-state index in [1.165, 1.54) is 6.26 Å². The highest BCUT2D eigenvalue weighted by atomic mass is 32.2. The minimum atomic E-state index is -2.99. The fourth-order valence-corrected chi connectivity index (χ4v) is 5.08. The summed E-state index contributed by atoms with van der Waals surface area (Å²) in [5.74, 6) is 0.115. The van der Waals surface area contributed by atoms with Crippen LogP contribution in [0.5, 0.6) is 0 Å². The molecule has 8 nitrogen and oxygen atoms in total. The molecule has 0 aromatic carbocycles. The minimum absolute atomic E-state index is 0.0286. The summed E-state index contributed by atoms with van der Waals surface area (Å²) in [4.78, 5) is 23.2. The van der Waals surface area contributed by atoms with E-state index in [0.717, 1.165) is 21.7 Å². The minimum Gasteiger partial charge on any atom is -0.336 e. The zero-order valence-electron chi connectivity index (χ0n) is 17.3. The number of piperazine rings is 1. The lowest BCUT2D eigenvalue weighted by Crippen LogP contribution is -2.49. The summed E-state index contributed by atoms with van der Waals surface area (Å²) in [5, 5.41) is 7.27. The number of fused-ring (bicyclic) bond motifs is 1. The summed E-state index contributed by atoms with van der Waals surface area (Å²) in [6.07, 6.45) is 1.25. The second-order valence-corrected chi connectivity index (χ2v) is 10.9. The molecule has 1 saturated heterocycles. The first-order valence-corrected chi connectivity index (χ1v) is 12.7. The first kappa shape index (κ1) is 21.0. The van der Waals surface area contributed by atoms with Crippen LogP contribution in [0.1, 0.15) is 16.1 Å². The van der Waals surface area contributed by atoms with E-state index >= 15 is 0 Å². The number of carbonyl (C=O) groups excluding carboxylic acids is 1. The molecule has 0 saturated carbocycles. The van der Waals surface area contributed by atoms with Crippen LogP contribution in [0, 0.1) is 6.92 Å². The predicted molar refractivity (Wildman–Crippen MR) is 119 cm³/mol. The monoisotopic (exact) mass is 447 g/mol. The fraction of sp³-hybridized carbons (Fsp3) is 0.450. The van der Waals surface area contributed by atoms with Crippen molar-refractivity contribution in [1.82, 2.24) is 24.6 Å². The molecule has 3 aromatic rings. The number of rotatable bonds is 5. The van der Waals surface area contributed by atoms with Crippen LogP contribution in [0.25, 0.3) is 21.6 Å². The van der Waals surface area contributed by atoms with Crippen LogP contribution in [0.3, 0.4) is 0 Å². The van der Waals surface area contributed by atoms with Crippen molar-refractivity contribution in [2.75, 3.05) is 44.7 Å². The third-order valence-corrected chi connectivity index (χ3v) is 7.23. The summed E-state index contributed by atoms with van der Waals surface area (Å²) < 4.78 is 24.6. The van der Waals surface area contributed by atoms with Crippen molar-refractivity contribution in [3.8, 4) is 10.6 Å². The summed E-state index contributed by atoms with van der Waals surface area (Å²) >= 11 is 1.59. The van der Waals surface area contributed by atoms with Gasteiger partial charge >= 0.3 is 0 Å². The van der Waals surface area contributed by atoms with Gasteiger partial charge in [0.05, 0.1) is 33.0 Å². The molecular formula is C20H25N5O3S2. The van der Waals surface area contributed by atoms with E-state index in [9.17, 15) is 13.2 Å². The second-order valence-electron chi connectivity index (χ2n) is 7.70. The highest BCUT2D eigenvalue weighted by Gasteiger charge is 2.26. The molecule has 0 N–H and O–H groups in total. The van der Waals surface area contributed by atoms with Gasteiger partial charge in [-0.05, 0) is 24.4 Å². The Hall–Kier alpha value is -2.30. The lowest BCUT2D eigenvalue weighted by atomic mass is 10.1. The Labute approximate surface area is 180 Å². The van der Waals surface area contributed by atoms with E-state index in [0.29, 0.717) is 43.9 Å². The molecule has 1 amide bonds. The van der Waals surface area contributed by atoms with Crippen LogP contribution >= 0.6 is 11.3 Å². The number of sulfone groups is 1. The highest BCUT2D eigenvalue weighted by Crippen LogP contribution is 2.30. The smallest absolute Gasteiger partial charge is 0.254 e. The van der Waals surface area contributed by atoms with E-state index in [4.69, 9.17) is 4.98 Å². The van der Waals surface area contributed by atoms with Gasteiger partial charge < -0.3 is 4.90 Å². The molecule has 4 heterocycles. The lowest BCUT2D eigenvalue weighted by molar-refractivity contribution is 0.0646. The Morgan fingerprint density at radius 3 is 2.60 bits per heavy atom. The van der Waals surface area contributed by atoms with Crippen molar-refractivity contribution in [3.05, 3.63) is 34.8 Å².